The molecule has 0 spiro atoms. The molecule has 0 N–H and O–H groups in total. The van der Waals surface area contributed by atoms with Gasteiger partial charge in [0, 0.05) is 12.0 Å². The fourth-order valence-electron chi connectivity index (χ4n) is 4.84. The third-order valence-corrected chi connectivity index (χ3v) is 6.49. The van der Waals surface area contributed by atoms with Gasteiger partial charge in [-0.25, -0.2) is 0 Å². The van der Waals surface area contributed by atoms with E-state index in [1.165, 1.54) is 0 Å². The van der Waals surface area contributed by atoms with Gasteiger partial charge in [-0.2, -0.15) is 0 Å². The van der Waals surface area contributed by atoms with Crippen LogP contribution in [0.5, 0.6) is 0 Å². The lowest BCUT2D eigenvalue weighted by molar-refractivity contribution is -0.127. The zero-order chi connectivity index (χ0) is 22.0. The molecule has 0 aromatic heterocycles. The van der Waals surface area contributed by atoms with E-state index >= 15 is 0 Å². The zero-order valence-corrected chi connectivity index (χ0v) is 18.1. The summed E-state index contributed by atoms with van der Waals surface area (Å²) in [5.74, 6) is 0.529. The van der Waals surface area contributed by atoms with E-state index in [1.54, 1.807) is 0 Å². The number of carbonyl (C=O) groups is 2. The van der Waals surface area contributed by atoms with Crippen molar-refractivity contribution in [3.8, 4) is 0 Å². The number of ketones is 2. The summed E-state index contributed by atoms with van der Waals surface area (Å²) in [6, 6.07) is 20.0. The third-order valence-electron chi connectivity index (χ3n) is 6.49. The summed E-state index contributed by atoms with van der Waals surface area (Å²) < 4.78 is 6.58. The molecule has 0 saturated heterocycles. The van der Waals surface area contributed by atoms with E-state index in [2.05, 4.69) is 24.3 Å². The summed E-state index contributed by atoms with van der Waals surface area (Å²) in [5, 5.41) is 0. The maximum absolute atomic E-state index is 13.4. The van der Waals surface area contributed by atoms with Crippen LogP contribution in [0.2, 0.25) is 0 Å². The van der Waals surface area contributed by atoms with Crippen LogP contribution in [0.25, 0.3) is 5.57 Å². The number of hydrogen-bond acceptors (Lipinski definition) is 3. The molecular formula is C29H26O3. The first-order valence-electron chi connectivity index (χ1n) is 11.3. The Morgan fingerprint density at radius 1 is 0.938 bits per heavy atom. The Kier molecular flexibility index (Phi) is 5.48. The van der Waals surface area contributed by atoms with Crippen LogP contribution in [0.3, 0.4) is 0 Å². The van der Waals surface area contributed by atoms with Crippen molar-refractivity contribution in [2.75, 3.05) is 0 Å². The normalized spacial score (nSPS) is 22.6. The minimum Gasteiger partial charge on any atom is -0.474 e. The van der Waals surface area contributed by atoms with Gasteiger partial charge in [0.1, 0.15) is 0 Å². The molecule has 1 unspecified atom stereocenters. The number of ether oxygens (including phenoxy) is 1. The molecule has 160 valence electrons. The second-order valence-electron chi connectivity index (χ2n) is 8.62. The molecule has 2 aliphatic carbocycles. The maximum atomic E-state index is 13.4. The van der Waals surface area contributed by atoms with Crippen LogP contribution in [0, 0.1) is 0 Å². The second-order valence-corrected chi connectivity index (χ2v) is 8.62. The molecule has 0 bridgehead atoms. The Bertz CT molecular complexity index is 1170. The number of allylic oxidation sites excluding steroid dienone is 7. The van der Waals surface area contributed by atoms with E-state index in [4.69, 9.17) is 4.74 Å². The van der Waals surface area contributed by atoms with Crippen molar-refractivity contribution in [1.82, 2.24) is 0 Å². The van der Waals surface area contributed by atoms with E-state index in [9.17, 15) is 9.59 Å². The largest absolute Gasteiger partial charge is 0.474 e. The maximum Gasteiger partial charge on any atom is 0.197 e. The molecule has 0 amide bonds. The second kappa shape index (κ2) is 8.58. The van der Waals surface area contributed by atoms with Crippen LogP contribution in [0.4, 0.5) is 0 Å². The topological polar surface area (TPSA) is 43.4 Å². The Morgan fingerprint density at radius 3 is 2.41 bits per heavy atom. The molecule has 3 aliphatic rings. The van der Waals surface area contributed by atoms with E-state index in [-0.39, 0.29) is 18.0 Å². The van der Waals surface area contributed by atoms with Crippen molar-refractivity contribution < 1.29 is 14.3 Å². The predicted molar refractivity (Wildman–Crippen MR) is 126 cm³/mol. The van der Waals surface area contributed by atoms with E-state index in [0.29, 0.717) is 12.2 Å². The summed E-state index contributed by atoms with van der Waals surface area (Å²) in [6.45, 7) is 0. The van der Waals surface area contributed by atoms with Crippen molar-refractivity contribution in [2.24, 2.45) is 0 Å². The molecule has 5 rings (SSSR count). The van der Waals surface area contributed by atoms with E-state index < -0.39 is 5.60 Å². The van der Waals surface area contributed by atoms with Crippen molar-refractivity contribution in [1.29, 1.82) is 0 Å². The lowest BCUT2D eigenvalue weighted by Crippen LogP contribution is -2.36. The van der Waals surface area contributed by atoms with Gasteiger partial charge < -0.3 is 4.74 Å². The summed E-state index contributed by atoms with van der Waals surface area (Å²) in [7, 11) is 0. The highest BCUT2D eigenvalue weighted by atomic mass is 16.5. The Labute approximate surface area is 188 Å². The van der Waals surface area contributed by atoms with Gasteiger partial charge in [-0.05, 0) is 54.0 Å². The monoisotopic (exact) mass is 422 g/mol. The molecular weight excluding hydrogens is 396 g/mol. The lowest BCUT2D eigenvalue weighted by atomic mass is 9.77. The molecule has 1 aliphatic heterocycles. The number of hydrogen-bond donors (Lipinski definition) is 0. The smallest absolute Gasteiger partial charge is 0.197 e. The highest BCUT2D eigenvalue weighted by Crippen LogP contribution is 2.47. The standard InChI is InChI=1S/C29H26O3/c30-26-18-10-17-24-25(21-11-4-1-5-12-21)19-29(32-28(24)26,23-15-8-3-9-16-23)20-27(31)22-13-6-2-7-14-22/h1-6,8-9,11-13,15-16,19H,7,10,14,17-18,20H2. The highest BCUT2D eigenvalue weighted by Gasteiger charge is 2.43. The van der Waals surface area contributed by atoms with Crippen LogP contribution in [-0.4, -0.2) is 11.6 Å². The molecule has 32 heavy (non-hydrogen) atoms. The van der Waals surface area contributed by atoms with Crippen molar-refractivity contribution in [3.63, 3.8) is 0 Å². The Hall–Kier alpha value is -3.46. The van der Waals surface area contributed by atoms with Gasteiger partial charge in [0.15, 0.2) is 22.9 Å². The Morgan fingerprint density at radius 2 is 1.69 bits per heavy atom. The van der Waals surface area contributed by atoms with Gasteiger partial charge in [0.05, 0.1) is 6.42 Å². The van der Waals surface area contributed by atoms with Gasteiger partial charge in [-0.1, -0.05) is 78.9 Å². The summed E-state index contributed by atoms with van der Waals surface area (Å²) in [4.78, 5) is 26.4. The SMILES string of the molecule is O=C(CC1(c2ccccc2)C=C(c2ccccc2)C2=C(O1)C(=O)CCC2)C1=CC=CCC1. The van der Waals surface area contributed by atoms with E-state index in [1.807, 2.05) is 60.7 Å². The summed E-state index contributed by atoms with van der Waals surface area (Å²) >= 11 is 0. The highest BCUT2D eigenvalue weighted by molar-refractivity contribution is 6.02. The first-order valence-corrected chi connectivity index (χ1v) is 11.3. The minimum atomic E-state index is -1.02. The summed E-state index contributed by atoms with van der Waals surface area (Å²) in [5.41, 5.74) is 3.71. The molecule has 1 heterocycles. The first-order chi connectivity index (χ1) is 15.7. The number of Topliss-reactive ketones (excluding diaryl/α,β-unsaturated/α-hetero) is 2. The van der Waals surface area contributed by atoms with Crippen LogP contribution in [0.1, 0.15) is 49.7 Å². The van der Waals surface area contributed by atoms with Crippen LogP contribution >= 0.6 is 0 Å². The third kappa shape index (κ3) is 3.80. The van der Waals surface area contributed by atoms with Crippen LogP contribution in [-0.2, 0) is 19.9 Å². The molecule has 3 nitrogen and oxygen atoms in total. The van der Waals surface area contributed by atoms with Crippen molar-refractivity contribution in [2.45, 2.75) is 44.1 Å². The molecule has 2 aromatic rings. The zero-order valence-electron chi connectivity index (χ0n) is 18.1. The minimum absolute atomic E-state index is 0.0281. The van der Waals surface area contributed by atoms with E-state index in [0.717, 1.165) is 53.5 Å². The molecule has 1 atom stereocenters. The fraction of sp³-hybridized carbons (Fsp3) is 0.241. The quantitative estimate of drug-likeness (QED) is 0.573. The number of carbonyl (C=O) groups excluding carboxylic acids is 2. The van der Waals surface area contributed by atoms with Gasteiger partial charge >= 0.3 is 0 Å². The van der Waals surface area contributed by atoms with Gasteiger partial charge in [0.25, 0.3) is 0 Å². The number of rotatable bonds is 5. The average Bonchev–Trinajstić information content (AvgIpc) is 2.86. The van der Waals surface area contributed by atoms with Gasteiger partial charge in [-0.3, -0.25) is 9.59 Å². The number of benzene rings is 2. The fourth-order valence-corrected chi connectivity index (χ4v) is 4.84. The molecule has 0 radical (unpaired) electrons. The molecule has 2 aromatic carbocycles. The van der Waals surface area contributed by atoms with Crippen LogP contribution in [0.15, 0.2) is 102 Å². The first kappa shape index (κ1) is 20.4. The van der Waals surface area contributed by atoms with Gasteiger partial charge in [0.2, 0.25) is 0 Å². The van der Waals surface area contributed by atoms with Crippen molar-refractivity contribution >= 4 is 17.1 Å². The summed E-state index contributed by atoms with van der Waals surface area (Å²) in [6.07, 6.45) is 11.9. The predicted octanol–water partition coefficient (Wildman–Crippen LogP) is 6.24. The molecule has 0 saturated carbocycles. The Balaban J connectivity index is 1.67. The van der Waals surface area contributed by atoms with Gasteiger partial charge in [-0.15, -0.1) is 0 Å². The molecule has 3 heteroatoms. The molecule has 0 fully saturated rings. The van der Waals surface area contributed by atoms with Crippen molar-refractivity contribution in [3.05, 3.63) is 113 Å². The average molecular weight is 423 g/mol. The van der Waals surface area contributed by atoms with Crippen LogP contribution < -0.4 is 0 Å². The lowest BCUT2D eigenvalue weighted by Gasteiger charge is -2.39.